The number of amides is 1. The third-order valence-corrected chi connectivity index (χ3v) is 5.62. The van der Waals surface area contributed by atoms with Crippen LogP contribution in [0.2, 0.25) is 0 Å². The van der Waals surface area contributed by atoms with Crippen LogP contribution >= 0.6 is 15.9 Å². The Morgan fingerprint density at radius 2 is 2.10 bits per heavy atom. The van der Waals surface area contributed by atoms with Gasteiger partial charge >= 0.3 is 5.97 Å². The smallest absolute Gasteiger partial charge is 0.337 e. The molecule has 2 N–H and O–H groups in total. The molecule has 1 heterocycles. The van der Waals surface area contributed by atoms with Crippen LogP contribution < -0.4 is 5.32 Å². The number of halogens is 1. The van der Waals surface area contributed by atoms with Crippen molar-refractivity contribution < 1.29 is 23.1 Å². The number of nitrogens with one attached hydrogen (secondary N) is 1. The highest BCUT2D eigenvalue weighted by Crippen LogP contribution is 2.24. The molecule has 21 heavy (non-hydrogen) atoms. The number of hydrogen-bond acceptors (Lipinski definition) is 4. The maximum atomic E-state index is 11.9. The van der Waals surface area contributed by atoms with Crippen LogP contribution in [0.4, 0.5) is 5.69 Å². The van der Waals surface area contributed by atoms with E-state index in [1.165, 1.54) is 12.1 Å². The summed E-state index contributed by atoms with van der Waals surface area (Å²) in [4.78, 5) is 23.1. The second-order valence-corrected chi connectivity index (χ2v) is 8.16. The van der Waals surface area contributed by atoms with Crippen molar-refractivity contribution in [1.29, 1.82) is 0 Å². The van der Waals surface area contributed by atoms with E-state index in [-0.39, 0.29) is 41.0 Å². The number of carboxylic acids is 1. The van der Waals surface area contributed by atoms with Gasteiger partial charge in [-0.15, -0.1) is 0 Å². The van der Waals surface area contributed by atoms with E-state index in [1.54, 1.807) is 6.07 Å². The number of carbonyl (C=O) groups excluding carboxylic acids is 1. The molecule has 0 bridgehead atoms. The van der Waals surface area contributed by atoms with Crippen LogP contribution in [0.1, 0.15) is 23.2 Å². The third kappa shape index (κ3) is 4.28. The van der Waals surface area contributed by atoms with Gasteiger partial charge in [-0.2, -0.15) is 0 Å². The van der Waals surface area contributed by atoms with Crippen molar-refractivity contribution in [2.75, 3.05) is 16.8 Å². The first-order valence-electron chi connectivity index (χ1n) is 6.30. The van der Waals surface area contributed by atoms with Crippen LogP contribution in [0.25, 0.3) is 0 Å². The summed E-state index contributed by atoms with van der Waals surface area (Å²) in [6.07, 6.45) is 0.552. The normalized spacial score (nSPS) is 20.1. The highest BCUT2D eigenvalue weighted by molar-refractivity contribution is 9.10. The Morgan fingerprint density at radius 3 is 2.67 bits per heavy atom. The van der Waals surface area contributed by atoms with E-state index in [1.807, 2.05) is 0 Å². The summed E-state index contributed by atoms with van der Waals surface area (Å²) in [5.41, 5.74) is 0.188. The lowest BCUT2D eigenvalue weighted by Crippen LogP contribution is -2.19. The summed E-state index contributed by atoms with van der Waals surface area (Å²) in [5, 5.41) is 11.6. The van der Waals surface area contributed by atoms with Crippen LogP contribution in [0.5, 0.6) is 0 Å². The molecule has 1 amide bonds. The number of benzene rings is 1. The van der Waals surface area contributed by atoms with Crippen LogP contribution in [-0.4, -0.2) is 36.9 Å². The Bertz CT molecular complexity index is 686. The second kappa shape index (κ2) is 6.15. The molecule has 1 aliphatic heterocycles. The molecule has 1 atom stereocenters. The molecule has 0 saturated carbocycles. The molecular weight excluding hydrogens is 362 g/mol. The first-order chi connectivity index (χ1) is 9.77. The van der Waals surface area contributed by atoms with E-state index in [0.29, 0.717) is 10.9 Å². The highest BCUT2D eigenvalue weighted by atomic mass is 79.9. The minimum absolute atomic E-state index is 0.0169. The largest absolute Gasteiger partial charge is 0.478 e. The number of rotatable bonds is 4. The molecule has 0 aliphatic carbocycles. The number of hydrogen-bond donors (Lipinski definition) is 2. The zero-order valence-corrected chi connectivity index (χ0v) is 13.4. The van der Waals surface area contributed by atoms with Gasteiger partial charge in [-0.05, 0) is 30.5 Å². The zero-order valence-electron chi connectivity index (χ0n) is 11.0. The minimum Gasteiger partial charge on any atom is -0.478 e. The van der Waals surface area contributed by atoms with Crippen molar-refractivity contribution in [3.05, 3.63) is 28.2 Å². The van der Waals surface area contributed by atoms with Gasteiger partial charge in [-0.3, -0.25) is 4.79 Å². The lowest BCUT2D eigenvalue weighted by molar-refractivity contribution is -0.116. The van der Waals surface area contributed by atoms with Gasteiger partial charge in [-0.25, -0.2) is 13.2 Å². The molecule has 1 unspecified atom stereocenters. The van der Waals surface area contributed by atoms with E-state index < -0.39 is 15.8 Å². The molecule has 1 aromatic rings. The van der Waals surface area contributed by atoms with Crippen LogP contribution in [0.3, 0.4) is 0 Å². The van der Waals surface area contributed by atoms with Crippen molar-refractivity contribution in [2.45, 2.75) is 12.8 Å². The molecule has 6 nitrogen and oxygen atoms in total. The fraction of sp³-hybridized carbons (Fsp3) is 0.385. The zero-order chi connectivity index (χ0) is 15.6. The molecule has 1 aromatic carbocycles. The van der Waals surface area contributed by atoms with Gasteiger partial charge in [0.1, 0.15) is 0 Å². The van der Waals surface area contributed by atoms with Crippen LogP contribution in [0.15, 0.2) is 22.7 Å². The maximum Gasteiger partial charge on any atom is 0.337 e. The minimum atomic E-state index is -3.02. The summed E-state index contributed by atoms with van der Waals surface area (Å²) in [7, 11) is -3.02. The summed E-state index contributed by atoms with van der Waals surface area (Å²) in [6.45, 7) is 0. The van der Waals surface area contributed by atoms with Crippen LogP contribution in [0, 0.1) is 5.92 Å². The van der Waals surface area contributed by atoms with E-state index in [0.717, 1.165) is 0 Å². The molecule has 1 fully saturated rings. The summed E-state index contributed by atoms with van der Waals surface area (Å²) < 4.78 is 23.3. The Balaban J connectivity index is 2.05. The first kappa shape index (κ1) is 16.0. The topological polar surface area (TPSA) is 101 Å². The molecule has 1 aliphatic rings. The fourth-order valence-corrected chi connectivity index (χ4v) is 4.52. The Labute approximate surface area is 130 Å². The molecule has 2 rings (SSSR count). The van der Waals surface area contributed by atoms with Gasteiger partial charge in [0.15, 0.2) is 9.84 Å². The highest BCUT2D eigenvalue weighted by Gasteiger charge is 2.29. The third-order valence-electron chi connectivity index (χ3n) is 3.29. The van der Waals surface area contributed by atoms with Crippen LogP contribution in [-0.2, 0) is 14.6 Å². The average Bonchev–Trinajstić information content (AvgIpc) is 2.70. The van der Waals surface area contributed by atoms with Gasteiger partial charge in [0.25, 0.3) is 0 Å². The predicted octanol–water partition coefficient (Wildman–Crippen LogP) is 1.91. The van der Waals surface area contributed by atoms with Gasteiger partial charge in [0.05, 0.1) is 22.8 Å². The Morgan fingerprint density at radius 1 is 1.38 bits per heavy atom. The number of aromatic carboxylic acids is 1. The lowest BCUT2D eigenvalue weighted by atomic mass is 10.0. The number of carboxylic acid groups (broad SMARTS) is 1. The monoisotopic (exact) mass is 375 g/mol. The summed E-state index contributed by atoms with van der Waals surface area (Å²) >= 11 is 3.17. The first-order valence-corrected chi connectivity index (χ1v) is 8.91. The van der Waals surface area contributed by atoms with Gasteiger partial charge in [0.2, 0.25) is 5.91 Å². The molecule has 8 heteroatoms. The van der Waals surface area contributed by atoms with Crippen molar-refractivity contribution in [3.8, 4) is 0 Å². The SMILES string of the molecule is O=C(CC1CCS(=O)(=O)C1)Nc1ccc(Br)cc1C(=O)O. The molecule has 0 spiro atoms. The van der Waals surface area contributed by atoms with Crippen molar-refractivity contribution >= 4 is 43.3 Å². The molecule has 0 radical (unpaired) electrons. The van der Waals surface area contributed by atoms with Crippen molar-refractivity contribution in [2.24, 2.45) is 5.92 Å². The van der Waals surface area contributed by atoms with Crippen molar-refractivity contribution in [1.82, 2.24) is 0 Å². The van der Waals surface area contributed by atoms with E-state index in [4.69, 9.17) is 5.11 Å². The Kier molecular flexibility index (Phi) is 4.67. The number of sulfone groups is 1. The number of carbonyl (C=O) groups is 2. The van der Waals surface area contributed by atoms with E-state index >= 15 is 0 Å². The molecule has 1 saturated heterocycles. The van der Waals surface area contributed by atoms with E-state index in [2.05, 4.69) is 21.2 Å². The number of anilines is 1. The standard InChI is InChI=1S/C13H14BrNO5S/c14-9-1-2-11(10(6-9)13(17)18)15-12(16)5-8-3-4-21(19,20)7-8/h1-2,6,8H,3-5,7H2,(H,15,16)(H,17,18). The average molecular weight is 376 g/mol. The lowest BCUT2D eigenvalue weighted by Gasteiger charge is -2.11. The quantitative estimate of drug-likeness (QED) is 0.836. The Hall–Kier alpha value is -1.41. The molecular formula is C13H14BrNO5S. The summed E-state index contributed by atoms with van der Waals surface area (Å²) in [5.74, 6) is -1.58. The predicted molar refractivity (Wildman–Crippen MR) is 81.1 cm³/mol. The van der Waals surface area contributed by atoms with Gasteiger partial charge in [0, 0.05) is 10.9 Å². The van der Waals surface area contributed by atoms with Gasteiger partial charge < -0.3 is 10.4 Å². The maximum absolute atomic E-state index is 11.9. The second-order valence-electron chi connectivity index (χ2n) is 5.02. The molecule has 0 aromatic heterocycles. The summed E-state index contributed by atoms with van der Waals surface area (Å²) in [6, 6.07) is 4.52. The van der Waals surface area contributed by atoms with Crippen molar-refractivity contribution in [3.63, 3.8) is 0 Å². The van der Waals surface area contributed by atoms with Gasteiger partial charge in [-0.1, -0.05) is 15.9 Å². The molecule has 114 valence electrons. The van der Waals surface area contributed by atoms with E-state index in [9.17, 15) is 18.0 Å². The fourth-order valence-electron chi connectivity index (χ4n) is 2.30.